The van der Waals surface area contributed by atoms with Crippen LogP contribution in [0.2, 0.25) is 5.02 Å². The Bertz CT molecular complexity index is 787. The Morgan fingerprint density at radius 2 is 1.67 bits per heavy atom. The molecule has 0 atom stereocenters. The maximum absolute atomic E-state index is 11.9. The molecule has 0 saturated carbocycles. The number of fused-ring (bicyclic) bond motifs is 1. The molecule has 3 aromatic rings. The number of hydrogen-bond acceptors (Lipinski definition) is 2. The Morgan fingerprint density at radius 1 is 0.952 bits per heavy atom. The van der Waals surface area contributed by atoms with Gasteiger partial charge in [0.1, 0.15) is 0 Å². The van der Waals surface area contributed by atoms with Gasteiger partial charge in [-0.2, -0.15) is 0 Å². The number of nitrogens with one attached hydrogen (secondary N) is 2. The van der Waals surface area contributed by atoms with Gasteiger partial charge in [-0.3, -0.25) is 4.98 Å². The highest BCUT2D eigenvalue weighted by Gasteiger charge is 2.04. The van der Waals surface area contributed by atoms with Gasteiger partial charge in [0, 0.05) is 16.1 Å². The average Bonchev–Trinajstić information content (AvgIpc) is 2.49. The van der Waals surface area contributed by atoms with Crippen LogP contribution in [0.4, 0.5) is 16.2 Å². The topological polar surface area (TPSA) is 54.0 Å². The number of halogens is 1. The highest BCUT2D eigenvalue weighted by molar-refractivity contribution is 6.30. The number of urea groups is 1. The molecule has 1 aromatic heterocycles. The third-order valence-corrected chi connectivity index (χ3v) is 3.20. The summed E-state index contributed by atoms with van der Waals surface area (Å²) in [6.45, 7) is 0. The Labute approximate surface area is 126 Å². The minimum atomic E-state index is -0.325. The number of nitrogens with zero attached hydrogens (tertiary/aromatic N) is 1. The van der Waals surface area contributed by atoms with E-state index >= 15 is 0 Å². The standard InChI is InChI=1S/C16H12ClN3O/c17-12-5-7-13(8-6-12)19-16(21)20-14-9-11-3-1-2-4-15(11)18-10-14/h1-10H,(H2,19,20,21). The number of benzene rings is 2. The summed E-state index contributed by atoms with van der Waals surface area (Å²) < 4.78 is 0. The minimum absolute atomic E-state index is 0.325. The predicted octanol–water partition coefficient (Wildman–Crippen LogP) is 4.53. The molecule has 21 heavy (non-hydrogen) atoms. The van der Waals surface area contributed by atoms with Gasteiger partial charge in [-0.05, 0) is 36.4 Å². The Kier molecular flexibility index (Phi) is 3.71. The fourth-order valence-electron chi connectivity index (χ4n) is 1.97. The van der Waals surface area contributed by atoms with E-state index in [0.29, 0.717) is 16.4 Å². The fourth-order valence-corrected chi connectivity index (χ4v) is 2.09. The van der Waals surface area contributed by atoms with E-state index in [2.05, 4.69) is 15.6 Å². The van der Waals surface area contributed by atoms with Gasteiger partial charge in [0.2, 0.25) is 0 Å². The third kappa shape index (κ3) is 3.30. The van der Waals surface area contributed by atoms with Crippen LogP contribution in [0.5, 0.6) is 0 Å². The summed E-state index contributed by atoms with van der Waals surface area (Å²) in [5, 5.41) is 7.08. The maximum Gasteiger partial charge on any atom is 0.323 e. The molecule has 5 heteroatoms. The number of pyridine rings is 1. The van der Waals surface area contributed by atoms with Crippen LogP contribution in [0.1, 0.15) is 0 Å². The highest BCUT2D eigenvalue weighted by atomic mass is 35.5. The van der Waals surface area contributed by atoms with Crippen LogP contribution < -0.4 is 10.6 Å². The van der Waals surface area contributed by atoms with Crippen molar-refractivity contribution in [2.24, 2.45) is 0 Å². The first-order valence-corrected chi connectivity index (χ1v) is 6.77. The first-order valence-electron chi connectivity index (χ1n) is 6.39. The molecular formula is C16H12ClN3O. The summed E-state index contributed by atoms with van der Waals surface area (Å²) in [6, 6.07) is 16.2. The SMILES string of the molecule is O=C(Nc1ccc(Cl)cc1)Nc1cnc2ccccc2c1. The van der Waals surface area contributed by atoms with Gasteiger partial charge in [-0.25, -0.2) is 4.79 Å². The molecule has 0 saturated heterocycles. The van der Waals surface area contributed by atoms with Crippen molar-refractivity contribution in [3.63, 3.8) is 0 Å². The van der Waals surface area contributed by atoms with Crippen molar-refractivity contribution in [3.05, 3.63) is 65.8 Å². The molecule has 3 rings (SSSR count). The molecule has 0 aliphatic heterocycles. The first-order chi connectivity index (χ1) is 10.2. The van der Waals surface area contributed by atoms with Gasteiger partial charge < -0.3 is 10.6 Å². The highest BCUT2D eigenvalue weighted by Crippen LogP contribution is 2.17. The van der Waals surface area contributed by atoms with Gasteiger partial charge >= 0.3 is 6.03 Å². The number of amides is 2. The van der Waals surface area contributed by atoms with Crippen molar-refractivity contribution in [1.29, 1.82) is 0 Å². The molecule has 2 amide bonds. The van der Waals surface area contributed by atoms with Crippen LogP contribution in [0.25, 0.3) is 10.9 Å². The van der Waals surface area contributed by atoms with E-state index in [4.69, 9.17) is 11.6 Å². The number of carbonyl (C=O) groups excluding carboxylic acids is 1. The molecule has 0 unspecified atom stereocenters. The molecule has 4 nitrogen and oxygen atoms in total. The quantitative estimate of drug-likeness (QED) is 0.730. The van der Waals surface area contributed by atoms with Crippen LogP contribution in [-0.4, -0.2) is 11.0 Å². The van der Waals surface area contributed by atoms with Gasteiger partial charge in [0.05, 0.1) is 17.4 Å². The minimum Gasteiger partial charge on any atom is -0.308 e. The summed E-state index contributed by atoms with van der Waals surface area (Å²) in [5.74, 6) is 0. The Morgan fingerprint density at radius 3 is 2.48 bits per heavy atom. The van der Waals surface area contributed by atoms with E-state index in [0.717, 1.165) is 10.9 Å². The molecule has 0 aliphatic carbocycles. The van der Waals surface area contributed by atoms with Gasteiger partial charge in [0.15, 0.2) is 0 Å². The molecule has 0 aliphatic rings. The van der Waals surface area contributed by atoms with Crippen LogP contribution in [0, 0.1) is 0 Å². The predicted molar refractivity (Wildman–Crippen MR) is 85.8 cm³/mol. The lowest BCUT2D eigenvalue weighted by Crippen LogP contribution is -2.19. The summed E-state index contributed by atoms with van der Waals surface area (Å²) in [6.07, 6.45) is 1.63. The number of carbonyl (C=O) groups is 1. The zero-order valence-corrected chi connectivity index (χ0v) is 11.8. The number of aromatic nitrogens is 1. The largest absolute Gasteiger partial charge is 0.323 e. The van der Waals surface area contributed by atoms with Crippen LogP contribution in [0.3, 0.4) is 0 Å². The number of para-hydroxylation sites is 1. The molecule has 2 aromatic carbocycles. The fraction of sp³-hybridized carbons (Fsp3) is 0. The molecule has 104 valence electrons. The van der Waals surface area contributed by atoms with Crippen molar-refractivity contribution in [3.8, 4) is 0 Å². The van der Waals surface area contributed by atoms with Crippen LogP contribution in [-0.2, 0) is 0 Å². The van der Waals surface area contributed by atoms with Gasteiger partial charge in [0.25, 0.3) is 0 Å². The Balaban J connectivity index is 1.72. The maximum atomic E-state index is 11.9. The van der Waals surface area contributed by atoms with Crippen molar-refractivity contribution in [1.82, 2.24) is 4.98 Å². The van der Waals surface area contributed by atoms with Crippen molar-refractivity contribution in [2.45, 2.75) is 0 Å². The normalized spacial score (nSPS) is 10.3. The molecule has 0 radical (unpaired) electrons. The van der Waals surface area contributed by atoms with Crippen LogP contribution >= 0.6 is 11.6 Å². The number of anilines is 2. The molecule has 0 bridgehead atoms. The van der Waals surface area contributed by atoms with Crippen molar-refractivity contribution >= 4 is 39.9 Å². The number of hydrogen-bond donors (Lipinski definition) is 2. The molecule has 1 heterocycles. The molecule has 0 fully saturated rings. The lowest BCUT2D eigenvalue weighted by atomic mass is 10.2. The van der Waals surface area contributed by atoms with E-state index in [9.17, 15) is 4.79 Å². The summed E-state index contributed by atoms with van der Waals surface area (Å²) in [5.41, 5.74) is 2.20. The van der Waals surface area contributed by atoms with E-state index < -0.39 is 0 Å². The van der Waals surface area contributed by atoms with E-state index in [-0.39, 0.29) is 6.03 Å². The monoisotopic (exact) mass is 297 g/mol. The van der Waals surface area contributed by atoms with Gasteiger partial charge in [-0.15, -0.1) is 0 Å². The van der Waals surface area contributed by atoms with Crippen molar-refractivity contribution < 1.29 is 4.79 Å². The zero-order valence-electron chi connectivity index (χ0n) is 11.0. The van der Waals surface area contributed by atoms with Crippen LogP contribution in [0.15, 0.2) is 60.8 Å². The smallest absolute Gasteiger partial charge is 0.308 e. The summed E-state index contributed by atoms with van der Waals surface area (Å²) in [4.78, 5) is 16.2. The van der Waals surface area contributed by atoms with E-state index in [1.54, 1.807) is 30.5 Å². The lowest BCUT2D eigenvalue weighted by molar-refractivity contribution is 0.262. The molecule has 0 spiro atoms. The third-order valence-electron chi connectivity index (χ3n) is 2.95. The molecule has 2 N–H and O–H groups in total. The first kappa shape index (κ1) is 13.4. The lowest BCUT2D eigenvalue weighted by Gasteiger charge is -2.08. The number of rotatable bonds is 2. The Hall–Kier alpha value is -2.59. The second-order valence-electron chi connectivity index (χ2n) is 4.50. The van der Waals surface area contributed by atoms with E-state index in [1.165, 1.54) is 0 Å². The second kappa shape index (κ2) is 5.81. The second-order valence-corrected chi connectivity index (χ2v) is 4.94. The zero-order chi connectivity index (χ0) is 14.7. The van der Waals surface area contributed by atoms with Gasteiger partial charge in [-0.1, -0.05) is 29.8 Å². The summed E-state index contributed by atoms with van der Waals surface area (Å²) in [7, 11) is 0. The van der Waals surface area contributed by atoms with Crippen molar-refractivity contribution in [2.75, 3.05) is 10.6 Å². The average molecular weight is 298 g/mol. The van der Waals surface area contributed by atoms with E-state index in [1.807, 2.05) is 30.3 Å². The molecular weight excluding hydrogens is 286 g/mol. The summed E-state index contributed by atoms with van der Waals surface area (Å²) >= 11 is 5.80.